The molecule has 120 valence electrons. The van der Waals surface area contributed by atoms with Crippen LogP contribution in [0.15, 0.2) is 30.3 Å². The fourth-order valence-electron chi connectivity index (χ4n) is 3.32. The van der Waals surface area contributed by atoms with Gasteiger partial charge in [0.25, 0.3) is 0 Å². The number of hydrogen-bond acceptors (Lipinski definition) is 4. The molecule has 1 atom stereocenters. The minimum absolute atomic E-state index is 0.0165. The average molecular weight is 314 g/mol. The van der Waals surface area contributed by atoms with Gasteiger partial charge in [-0.25, -0.2) is 0 Å². The van der Waals surface area contributed by atoms with E-state index in [1.807, 2.05) is 30.3 Å². The van der Waals surface area contributed by atoms with Crippen LogP contribution in [0.2, 0.25) is 0 Å². The predicted octanol–water partition coefficient (Wildman–Crippen LogP) is 3.30. The second-order valence-electron chi connectivity index (χ2n) is 5.35. The Bertz CT molecular complexity index is 766. The molecule has 0 bridgehead atoms. The largest absolute Gasteiger partial charge is 0.493 e. The molecular weight excluding hydrogens is 296 g/mol. The highest BCUT2D eigenvalue weighted by molar-refractivity contribution is 5.88. The van der Waals surface area contributed by atoms with Crippen LogP contribution in [0.3, 0.4) is 0 Å². The van der Waals surface area contributed by atoms with Crippen molar-refractivity contribution in [2.45, 2.75) is 12.3 Å². The highest BCUT2D eigenvalue weighted by Gasteiger charge is 2.35. The van der Waals surface area contributed by atoms with Crippen LogP contribution < -0.4 is 14.2 Å². The van der Waals surface area contributed by atoms with E-state index >= 15 is 0 Å². The number of aliphatic carboxylic acids is 1. The lowest BCUT2D eigenvalue weighted by molar-refractivity contribution is -0.137. The normalized spacial score (nSPS) is 14.8. The van der Waals surface area contributed by atoms with Crippen molar-refractivity contribution in [2.75, 3.05) is 21.3 Å². The van der Waals surface area contributed by atoms with Gasteiger partial charge < -0.3 is 19.3 Å². The van der Waals surface area contributed by atoms with E-state index in [-0.39, 0.29) is 12.3 Å². The third kappa shape index (κ3) is 2.29. The van der Waals surface area contributed by atoms with Gasteiger partial charge in [-0.1, -0.05) is 24.3 Å². The first kappa shape index (κ1) is 15.2. The summed E-state index contributed by atoms with van der Waals surface area (Å²) in [4.78, 5) is 11.3. The van der Waals surface area contributed by atoms with Crippen molar-refractivity contribution in [3.8, 4) is 28.4 Å². The number of benzene rings is 2. The number of hydrogen-bond donors (Lipinski definition) is 1. The Morgan fingerprint density at radius 3 is 2.35 bits per heavy atom. The lowest BCUT2D eigenvalue weighted by Gasteiger charge is -2.17. The van der Waals surface area contributed by atoms with Gasteiger partial charge in [-0.15, -0.1) is 0 Å². The lowest BCUT2D eigenvalue weighted by Crippen LogP contribution is -2.06. The van der Waals surface area contributed by atoms with E-state index < -0.39 is 5.97 Å². The topological polar surface area (TPSA) is 65.0 Å². The summed E-state index contributed by atoms with van der Waals surface area (Å²) in [6.45, 7) is 0. The van der Waals surface area contributed by atoms with Crippen LogP contribution in [-0.4, -0.2) is 32.4 Å². The van der Waals surface area contributed by atoms with E-state index in [0.717, 1.165) is 22.3 Å². The molecule has 0 saturated carbocycles. The number of carbonyl (C=O) groups is 1. The Labute approximate surface area is 134 Å². The maximum absolute atomic E-state index is 11.3. The monoisotopic (exact) mass is 314 g/mol. The molecule has 0 spiro atoms. The van der Waals surface area contributed by atoms with Gasteiger partial charge in [0.2, 0.25) is 5.75 Å². The van der Waals surface area contributed by atoms with Crippen LogP contribution in [0.5, 0.6) is 17.2 Å². The molecule has 23 heavy (non-hydrogen) atoms. The highest BCUT2D eigenvalue weighted by atomic mass is 16.5. The summed E-state index contributed by atoms with van der Waals surface area (Å²) >= 11 is 0. The number of ether oxygens (including phenoxy) is 3. The van der Waals surface area contributed by atoms with Crippen molar-refractivity contribution >= 4 is 5.97 Å². The zero-order valence-corrected chi connectivity index (χ0v) is 13.3. The molecule has 0 heterocycles. The molecule has 0 amide bonds. The van der Waals surface area contributed by atoms with Crippen molar-refractivity contribution in [1.29, 1.82) is 0 Å². The average Bonchev–Trinajstić information content (AvgIpc) is 2.86. The number of rotatable bonds is 5. The fourth-order valence-corrected chi connectivity index (χ4v) is 3.32. The predicted molar refractivity (Wildman–Crippen MR) is 85.6 cm³/mol. The van der Waals surface area contributed by atoms with E-state index in [1.165, 1.54) is 0 Å². The van der Waals surface area contributed by atoms with Crippen molar-refractivity contribution < 1.29 is 24.1 Å². The summed E-state index contributed by atoms with van der Waals surface area (Å²) < 4.78 is 16.4. The molecule has 2 aromatic carbocycles. The number of methoxy groups -OCH3 is 3. The quantitative estimate of drug-likeness (QED) is 0.917. The molecule has 5 heteroatoms. The first-order chi connectivity index (χ1) is 11.1. The lowest BCUT2D eigenvalue weighted by atomic mass is 9.93. The standard InChI is InChI=1S/C18H18O5/c1-21-14-8-13-12(9-15(19)20)10-6-4-5-7-11(10)16(13)18(23-3)17(14)22-2/h4-8,12H,9H2,1-3H3,(H,19,20). The van der Waals surface area contributed by atoms with Crippen LogP contribution in [0.25, 0.3) is 11.1 Å². The number of carboxylic acids is 1. The van der Waals surface area contributed by atoms with Crippen molar-refractivity contribution in [3.63, 3.8) is 0 Å². The maximum Gasteiger partial charge on any atom is 0.304 e. The molecule has 0 saturated heterocycles. The molecule has 2 aromatic rings. The van der Waals surface area contributed by atoms with Crippen LogP contribution in [0.4, 0.5) is 0 Å². The zero-order chi connectivity index (χ0) is 16.6. The summed E-state index contributed by atoms with van der Waals surface area (Å²) in [5.74, 6) is 0.548. The van der Waals surface area contributed by atoms with Crippen molar-refractivity contribution in [1.82, 2.24) is 0 Å². The molecule has 1 aliphatic carbocycles. The summed E-state index contributed by atoms with van der Waals surface area (Å²) in [7, 11) is 4.69. The first-order valence-electron chi connectivity index (χ1n) is 7.26. The first-order valence-corrected chi connectivity index (χ1v) is 7.26. The third-order valence-corrected chi connectivity index (χ3v) is 4.22. The zero-order valence-electron chi connectivity index (χ0n) is 13.3. The van der Waals surface area contributed by atoms with Gasteiger partial charge >= 0.3 is 5.97 Å². The molecule has 0 aromatic heterocycles. The molecule has 0 aliphatic heterocycles. The summed E-state index contributed by atoms with van der Waals surface area (Å²) in [5.41, 5.74) is 3.74. The van der Waals surface area contributed by atoms with E-state index in [4.69, 9.17) is 14.2 Å². The molecule has 1 unspecified atom stereocenters. The molecule has 0 fully saturated rings. The van der Waals surface area contributed by atoms with Gasteiger partial charge in [-0.2, -0.15) is 0 Å². The van der Waals surface area contributed by atoms with Gasteiger partial charge in [-0.3, -0.25) is 4.79 Å². The van der Waals surface area contributed by atoms with Gasteiger partial charge in [0.1, 0.15) is 0 Å². The van der Waals surface area contributed by atoms with Crippen LogP contribution >= 0.6 is 0 Å². The molecule has 1 N–H and O–H groups in total. The van der Waals surface area contributed by atoms with E-state index in [1.54, 1.807) is 21.3 Å². The van der Waals surface area contributed by atoms with Gasteiger partial charge in [0, 0.05) is 11.5 Å². The Balaban J connectivity index is 2.33. The maximum atomic E-state index is 11.3. The molecule has 5 nitrogen and oxygen atoms in total. The van der Waals surface area contributed by atoms with Crippen LogP contribution in [0, 0.1) is 0 Å². The molecular formula is C18H18O5. The number of carboxylic acid groups (broad SMARTS) is 1. The van der Waals surface area contributed by atoms with Crippen LogP contribution in [-0.2, 0) is 4.79 Å². The summed E-state index contributed by atoms with van der Waals surface area (Å²) in [6, 6.07) is 9.64. The second-order valence-corrected chi connectivity index (χ2v) is 5.35. The van der Waals surface area contributed by atoms with Crippen molar-refractivity contribution in [3.05, 3.63) is 41.5 Å². The summed E-state index contributed by atoms with van der Waals surface area (Å²) in [6.07, 6.45) is 0.0165. The van der Waals surface area contributed by atoms with Gasteiger partial charge in [0.15, 0.2) is 11.5 Å². The fraction of sp³-hybridized carbons (Fsp3) is 0.278. The van der Waals surface area contributed by atoms with Crippen LogP contribution in [0.1, 0.15) is 23.5 Å². The Hall–Kier alpha value is -2.69. The SMILES string of the molecule is COc1cc2c(c(OC)c1OC)-c1ccccc1C2CC(=O)O. The minimum atomic E-state index is -0.841. The Morgan fingerprint density at radius 1 is 1.04 bits per heavy atom. The number of fused-ring (bicyclic) bond motifs is 3. The molecule has 3 rings (SSSR count). The third-order valence-electron chi connectivity index (χ3n) is 4.22. The van der Waals surface area contributed by atoms with E-state index in [2.05, 4.69) is 0 Å². The van der Waals surface area contributed by atoms with Crippen molar-refractivity contribution in [2.24, 2.45) is 0 Å². The highest BCUT2D eigenvalue weighted by Crippen LogP contribution is 2.55. The Kier molecular flexibility index (Phi) is 3.86. The second kappa shape index (κ2) is 5.83. The molecule has 0 radical (unpaired) electrons. The van der Waals surface area contributed by atoms with E-state index in [0.29, 0.717) is 17.2 Å². The molecule has 1 aliphatic rings. The Morgan fingerprint density at radius 2 is 1.74 bits per heavy atom. The van der Waals surface area contributed by atoms with Gasteiger partial charge in [-0.05, 0) is 22.8 Å². The minimum Gasteiger partial charge on any atom is -0.493 e. The van der Waals surface area contributed by atoms with E-state index in [9.17, 15) is 9.90 Å². The smallest absolute Gasteiger partial charge is 0.304 e. The van der Waals surface area contributed by atoms with Gasteiger partial charge in [0.05, 0.1) is 27.8 Å². The summed E-state index contributed by atoms with van der Waals surface area (Å²) in [5, 5.41) is 9.29.